The van der Waals surface area contributed by atoms with Crippen LogP contribution in [0.5, 0.6) is 11.5 Å². The summed E-state index contributed by atoms with van der Waals surface area (Å²) in [7, 11) is 0. The standard InChI is InChI=1S/C30H35ClF2N4O5.C25H27ClF2N4O3/c1-19-13-27(34-28(38)41-17-20-9-11-36(12-10-20)29(39)42-30(2,3)4)35-37(19)16-22-14-23(31)6-8-26(22)40-18-21-5-7-24(32)15-25(21)33;1-16-10-24(30-25(33)35-14-17-6-8-29-9-7-17)31-32(16)13-19-11-20(26)3-5-23(19)34-15-18-2-4-21(27)12-22(18)28/h5-8,13-15,20H,9-12,16-18H2,1-4H3,(H,34,35,38);2-5,10-12,17,29H,6-9,13-15H2,1H3,(H,30,31,33). The second kappa shape index (κ2) is 26.8. The zero-order valence-electron chi connectivity index (χ0n) is 43.4. The maximum atomic E-state index is 14.1. The van der Waals surface area contributed by atoms with Gasteiger partial charge in [0.2, 0.25) is 0 Å². The van der Waals surface area contributed by atoms with Crippen molar-refractivity contribution in [3.63, 3.8) is 0 Å². The van der Waals surface area contributed by atoms with Crippen molar-refractivity contribution >= 4 is 53.1 Å². The Morgan fingerprint density at radius 1 is 0.623 bits per heavy atom. The second-order valence-electron chi connectivity index (χ2n) is 19.8. The lowest BCUT2D eigenvalue weighted by molar-refractivity contribution is 0.0152. The third-order valence-corrected chi connectivity index (χ3v) is 13.0. The van der Waals surface area contributed by atoms with Crippen LogP contribution < -0.4 is 25.4 Å². The van der Waals surface area contributed by atoms with Gasteiger partial charge in [0.25, 0.3) is 0 Å². The van der Waals surface area contributed by atoms with Crippen LogP contribution in [0.1, 0.15) is 80.1 Å². The van der Waals surface area contributed by atoms with Crippen LogP contribution in [-0.2, 0) is 40.5 Å². The van der Waals surface area contributed by atoms with Crippen LogP contribution in [0.4, 0.5) is 43.6 Å². The number of anilines is 2. The van der Waals surface area contributed by atoms with Crippen molar-refractivity contribution in [2.45, 2.75) is 92.2 Å². The third kappa shape index (κ3) is 17.8. The Hall–Kier alpha value is -7.03. The molecule has 4 aromatic carbocycles. The molecule has 0 bridgehead atoms. The Bertz CT molecular complexity index is 2990. The number of nitrogens with one attached hydrogen (secondary N) is 3. The van der Waals surface area contributed by atoms with E-state index in [-0.39, 0.29) is 49.5 Å². The van der Waals surface area contributed by atoms with Crippen molar-refractivity contribution in [3.05, 3.63) is 152 Å². The molecule has 2 aliphatic rings. The van der Waals surface area contributed by atoms with Crippen molar-refractivity contribution in [2.75, 3.05) is 50.0 Å². The first-order valence-corrected chi connectivity index (χ1v) is 25.8. The number of piperidine rings is 2. The average molecular weight is 1110 g/mol. The fourth-order valence-corrected chi connectivity index (χ4v) is 8.71. The highest BCUT2D eigenvalue weighted by molar-refractivity contribution is 6.31. The van der Waals surface area contributed by atoms with Crippen molar-refractivity contribution in [2.24, 2.45) is 11.8 Å². The van der Waals surface area contributed by atoms with E-state index in [9.17, 15) is 31.9 Å². The summed E-state index contributed by atoms with van der Waals surface area (Å²) in [5.41, 5.74) is 2.86. The molecule has 0 unspecified atom stereocenters. The molecule has 2 fully saturated rings. The maximum absolute atomic E-state index is 14.1. The smallest absolute Gasteiger partial charge is 0.412 e. The van der Waals surface area contributed by atoms with Gasteiger partial charge in [-0.05, 0) is 146 Å². The van der Waals surface area contributed by atoms with E-state index in [0.29, 0.717) is 89.3 Å². The van der Waals surface area contributed by atoms with Crippen LogP contribution in [0.2, 0.25) is 10.0 Å². The van der Waals surface area contributed by atoms with Gasteiger partial charge in [-0.2, -0.15) is 10.2 Å². The Balaban J connectivity index is 0.000000227. The molecular formula is C55H62Cl2F4N8O8. The highest BCUT2D eigenvalue weighted by atomic mass is 35.5. The van der Waals surface area contributed by atoms with E-state index in [4.69, 9.17) is 46.9 Å². The number of amides is 3. The van der Waals surface area contributed by atoms with Crippen molar-refractivity contribution in [1.82, 2.24) is 29.8 Å². The van der Waals surface area contributed by atoms with Crippen LogP contribution in [-0.4, -0.2) is 87.7 Å². The number of carbonyl (C=O) groups is 3. The molecule has 6 aromatic rings. The predicted molar refractivity (Wildman–Crippen MR) is 282 cm³/mol. The molecule has 4 heterocycles. The topological polar surface area (TPSA) is 172 Å². The van der Waals surface area contributed by atoms with Gasteiger partial charge in [-0.15, -0.1) is 0 Å². The lowest BCUT2D eigenvalue weighted by atomic mass is 9.98. The number of ether oxygens (including phenoxy) is 5. The number of benzene rings is 4. The summed E-state index contributed by atoms with van der Waals surface area (Å²) in [5.74, 6) is -0.532. The highest BCUT2D eigenvalue weighted by Crippen LogP contribution is 2.29. The highest BCUT2D eigenvalue weighted by Gasteiger charge is 2.28. The molecule has 77 heavy (non-hydrogen) atoms. The van der Waals surface area contributed by atoms with Gasteiger partial charge >= 0.3 is 18.3 Å². The summed E-state index contributed by atoms with van der Waals surface area (Å²) in [6, 6.07) is 20.3. The number of likely N-dealkylation sites (tertiary alicyclic amines) is 1. The molecule has 3 amide bonds. The first-order chi connectivity index (χ1) is 36.7. The lowest BCUT2D eigenvalue weighted by Crippen LogP contribution is -2.42. The molecule has 0 atom stereocenters. The van der Waals surface area contributed by atoms with Gasteiger partial charge < -0.3 is 33.9 Å². The largest absolute Gasteiger partial charge is 0.488 e. The first-order valence-electron chi connectivity index (χ1n) is 25.1. The predicted octanol–water partition coefficient (Wildman–Crippen LogP) is 12.2. The van der Waals surface area contributed by atoms with E-state index in [2.05, 4.69) is 26.1 Å². The quantitative estimate of drug-likeness (QED) is 0.0622. The van der Waals surface area contributed by atoms with Gasteiger partial charge in [0.15, 0.2) is 11.6 Å². The maximum Gasteiger partial charge on any atom is 0.412 e. The van der Waals surface area contributed by atoms with E-state index in [1.54, 1.807) is 62.8 Å². The zero-order valence-corrected chi connectivity index (χ0v) is 44.9. The minimum atomic E-state index is -0.692. The molecule has 16 nitrogen and oxygen atoms in total. The Kier molecular flexibility index (Phi) is 20.1. The van der Waals surface area contributed by atoms with Crippen molar-refractivity contribution in [3.8, 4) is 11.5 Å². The van der Waals surface area contributed by atoms with Crippen LogP contribution in [0.25, 0.3) is 0 Å². The van der Waals surface area contributed by atoms with Crippen LogP contribution in [0, 0.1) is 49.0 Å². The van der Waals surface area contributed by atoms with Crippen molar-refractivity contribution < 1.29 is 55.6 Å². The fraction of sp³-hybridized carbons (Fsp3) is 0.400. The number of carbonyl (C=O) groups excluding carboxylic acids is 3. The monoisotopic (exact) mass is 1110 g/mol. The van der Waals surface area contributed by atoms with Crippen LogP contribution in [0.3, 0.4) is 0 Å². The average Bonchev–Trinajstić information content (AvgIpc) is 3.91. The van der Waals surface area contributed by atoms with Crippen LogP contribution >= 0.6 is 23.2 Å². The molecule has 2 aliphatic heterocycles. The normalized spacial score (nSPS) is 14.0. The van der Waals surface area contributed by atoms with E-state index in [1.165, 1.54) is 24.3 Å². The summed E-state index contributed by atoms with van der Waals surface area (Å²) in [6.45, 7) is 13.2. The van der Waals surface area contributed by atoms with Gasteiger partial charge in [0.1, 0.15) is 53.6 Å². The summed E-state index contributed by atoms with van der Waals surface area (Å²) in [5, 5.41) is 18.5. The van der Waals surface area contributed by atoms with Gasteiger partial charge in [0, 0.05) is 81.0 Å². The molecular weight excluding hydrogens is 1050 g/mol. The molecule has 8 rings (SSSR count). The summed E-state index contributed by atoms with van der Waals surface area (Å²) >= 11 is 12.4. The van der Waals surface area contributed by atoms with Gasteiger partial charge in [-0.25, -0.2) is 31.9 Å². The SMILES string of the molecule is Cc1cc(NC(=O)OCC2CCN(C(=O)OC(C)(C)C)CC2)nn1Cc1cc(Cl)ccc1OCc1ccc(F)cc1F.Cc1cc(NC(=O)OCC2CCNCC2)nn1Cc1cc(Cl)ccc1OCc1ccc(F)cc1F. The minimum Gasteiger partial charge on any atom is -0.488 e. The summed E-state index contributed by atoms with van der Waals surface area (Å²) in [6.07, 6.45) is 1.89. The molecule has 22 heteroatoms. The molecule has 2 saturated heterocycles. The van der Waals surface area contributed by atoms with Crippen molar-refractivity contribution in [1.29, 1.82) is 0 Å². The second-order valence-corrected chi connectivity index (χ2v) is 20.6. The number of aryl methyl sites for hydroxylation is 2. The number of hydrogen-bond acceptors (Lipinski definition) is 11. The molecule has 2 aromatic heterocycles. The van der Waals surface area contributed by atoms with Gasteiger partial charge in [0.05, 0.1) is 26.3 Å². The molecule has 0 saturated carbocycles. The molecule has 3 N–H and O–H groups in total. The van der Waals surface area contributed by atoms with Crippen LogP contribution in [0.15, 0.2) is 84.9 Å². The summed E-state index contributed by atoms with van der Waals surface area (Å²) < 4.78 is 85.7. The third-order valence-electron chi connectivity index (χ3n) is 12.5. The van der Waals surface area contributed by atoms with E-state index in [1.807, 2.05) is 34.6 Å². The van der Waals surface area contributed by atoms with Gasteiger partial charge in [-0.3, -0.25) is 20.0 Å². The lowest BCUT2D eigenvalue weighted by Gasteiger charge is -2.33. The Labute approximate surface area is 454 Å². The molecule has 0 aliphatic carbocycles. The number of rotatable bonds is 16. The molecule has 412 valence electrons. The number of aromatic nitrogens is 4. The first kappa shape index (κ1) is 57.7. The molecule has 0 radical (unpaired) electrons. The van der Waals surface area contributed by atoms with E-state index in [0.717, 1.165) is 49.5 Å². The number of nitrogens with zero attached hydrogens (tertiary/aromatic N) is 5. The van der Waals surface area contributed by atoms with Gasteiger partial charge in [-0.1, -0.05) is 23.2 Å². The number of halogens is 6. The fourth-order valence-electron chi connectivity index (χ4n) is 8.32. The Morgan fingerprint density at radius 2 is 1.06 bits per heavy atom. The Morgan fingerprint density at radius 3 is 1.49 bits per heavy atom. The van der Waals surface area contributed by atoms with E-state index >= 15 is 0 Å². The van der Waals surface area contributed by atoms with E-state index < -0.39 is 41.1 Å². The summed E-state index contributed by atoms with van der Waals surface area (Å²) in [4.78, 5) is 38.6. The minimum absolute atomic E-state index is 0.0749. The zero-order chi connectivity index (χ0) is 55.2. The molecule has 0 spiro atoms. The number of hydrogen-bond donors (Lipinski definition) is 3.